The third-order valence-corrected chi connectivity index (χ3v) is 3.89. The smallest absolute Gasteiger partial charge is 0.311 e. The van der Waals surface area contributed by atoms with E-state index in [4.69, 9.17) is 4.74 Å². The van der Waals surface area contributed by atoms with Gasteiger partial charge in [-0.3, -0.25) is 9.59 Å². The maximum absolute atomic E-state index is 12.1. The van der Waals surface area contributed by atoms with Crippen molar-refractivity contribution < 1.29 is 14.3 Å². The van der Waals surface area contributed by atoms with Crippen molar-refractivity contribution in [3.8, 4) is 0 Å². The summed E-state index contributed by atoms with van der Waals surface area (Å²) >= 11 is 0. The summed E-state index contributed by atoms with van der Waals surface area (Å²) in [6.45, 7) is 2.91. The van der Waals surface area contributed by atoms with Gasteiger partial charge in [0.25, 0.3) is 0 Å². The predicted octanol–water partition coefficient (Wildman–Crippen LogP) is -0.508. The van der Waals surface area contributed by atoms with Gasteiger partial charge in [-0.05, 0) is 32.2 Å². The highest BCUT2D eigenvalue weighted by atomic mass is 16.5. The van der Waals surface area contributed by atoms with Gasteiger partial charge in [0.05, 0.1) is 12.1 Å². The molecule has 0 aromatic carbocycles. The van der Waals surface area contributed by atoms with Gasteiger partial charge in [0.1, 0.15) is 0 Å². The molecule has 2 unspecified atom stereocenters. The Morgan fingerprint density at radius 3 is 2.84 bits per heavy atom. The van der Waals surface area contributed by atoms with Crippen LogP contribution in [0.3, 0.4) is 0 Å². The molecule has 2 amide bonds. The highest BCUT2D eigenvalue weighted by molar-refractivity contribution is 6.35. The molecular formula is C13H23N3O3. The standard InChI is InChI=1S/C13H23N3O3/c1-19-11-5-2-4-10(11)15-12(17)13(18)16-8-3-6-14-7-9-16/h10-11,14H,2-9H2,1H3,(H,15,17). The molecule has 1 aliphatic heterocycles. The molecule has 0 aromatic rings. The molecule has 6 nitrogen and oxygen atoms in total. The summed E-state index contributed by atoms with van der Waals surface area (Å²) in [4.78, 5) is 25.7. The number of ether oxygens (including phenoxy) is 1. The van der Waals surface area contributed by atoms with Crippen LogP contribution in [0, 0.1) is 0 Å². The lowest BCUT2D eigenvalue weighted by atomic mass is 10.2. The van der Waals surface area contributed by atoms with E-state index in [1.807, 2.05) is 0 Å². The number of carbonyl (C=O) groups is 2. The zero-order valence-electron chi connectivity index (χ0n) is 11.5. The van der Waals surface area contributed by atoms with Crippen LogP contribution in [0.15, 0.2) is 0 Å². The van der Waals surface area contributed by atoms with Crippen molar-refractivity contribution in [2.24, 2.45) is 0 Å². The van der Waals surface area contributed by atoms with Crippen molar-refractivity contribution in [2.75, 3.05) is 33.3 Å². The Labute approximate surface area is 113 Å². The van der Waals surface area contributed by atoms with Crippen molar-refractivity contribution in [3.05, 3.63) is 0 Å². The highest BCUT2D eigenvalue weighted by Crippen LogP contribution is 2.21. The van der Waals surface area contributed by atoms with Gasteiger partial charge in [0.2, 0.25) is 0 Å². The summed E-state index contributed by atoms with van der Waals surface area (Å²) in [7, 11) is 1.65. The molecular weight excluding hydrogens is 246 g/mol. The molecule has 0 radical (unpaired) electrons. The molecule has 1 saturated heterocycles. The van der Waals surface area contributed by atoms with E-state index in [0.29, 0.717) is 13.1 Å². The summed E-state index contributed by atoms with van der Waals surface area (Å²) in [5, 5.41) is 6.04. The first-order valence-electron chi connectivity index (χ1n) is 7.05. The molecule has 0 bridgehead atoms. The molecule has 19 heavy (non-hydrogen) atoms. The Morgan fingerprint density at radius 2 is 2.05 bits per heavy atom. The summed E-state index contributed by atoms with van der Waals surface area (Å²) < 4.78 is 5.32. The third kappa shape index (κ3) is 3.67. The molecule has 1 heterocycles. The SMILES string of the molecule is COC1CCCC1NC(=O)C(=O)N1CCCNCC1. The molecule has 2 rings (SSSR count). The second-order valence-corrected chi connectivity index (χ2v) is 5.18. The van der Waals surface area contributed by atoms with Crippen LogP contribution in [-0.2, 0) is 14.3 Å². The lowest BCUT2D eigenvalue weighted by Crippen LogP contribution is -2.49. The minimum atomic E-state index is -0.490. The maximum Gasteiger partial charge on any atom is 0.311 e. The molecule has 0 aromatic heterocycles. The number of hydrogen-bond acceptors (Lipinski definition) is 4. The molecule has 1 saturated carbocycles. The molecule has 2 fully saturated rings. The van der Waals surface area contributed by atoms with Crippen molar-refractivity contribution >= 4 is 11.8 Å². The monoisotopic (exact) mass is 269 g/mol. The van der Waals surface area contributed by atoms with Crippen LogP contribution < -0.4 is 10.6 Å². The Morgan fingerprint density at radius 1 is 1.21 bits per heavy atom. The van der Waals surface area contributed by atoms with E-state index in [2.05, 4.69) is 10.6 Å². The summed E-state index contributed by atoms with van der Waals surface area (Å²) in [6.07, 6.45) is 3.80. The normalized spacial score (nSPS) is 27.9. The average Bonchev–Trinajstić information content (AvgIpc) is 2.69. The lowest BCUT2D eigenvalue weighted by molar-refractivity contribution is -0.146. The molecule has 1 aliphatic carbocycles. The Bertz CT molecular complexity index is 327. The van der Waals surface area contributed by atoms with Crippen LogP contribution in [0.25, 0.3) is 0 Å². The minimum Gasteiger partial charge on any atom is -0.379 e. The summed E-state index contributed by atoms with van der Waals surface area (Å²) in [6, 6.07) is -0.0217. The molecule has 108 valence electrons. The Hall–Kier alpha value is -1.14. The van der Waals surface area contributed by atoms with Crippen LogP contribution in [0.2, 0.25) is 0 Å². The predicted molar refractivity (Wildman–Crippen MR) is 70.6 cm³/mol. The van der Waals surface area contributed by atoms with Gasteiger partial charge in [-0.2, -0.15) is 0 Å². The zero-order valence-corrected chi connectivity index (χ0v) is 11.5. The summed E-state index contributed by atoms with van der Waals surface area (Å²) in [5.74, 6) is -0.902. The summed E-state index contributed by atoms with van der Waals surface area (Å²) in [5.41, 5.74) is 0. The number of rotatable bonds is 2. The topological polar surface area (TPSA) is 70.7 Å². The number of nitrogens with one attached hydrogen (secondary N) is 2. The fourth-order valence-corrected chi connectivity index (χ4v) is 2.80. The van der Waals surface area contributed by atoms with Gasteiger partial charge >= 0.3 is 11.8 Å². The van der Waals surface area contributed by atoms with E-state index < -0.39 is 11.8 Å². The third-order valence-electron chi connectivity index (χ3n) is 3.89. The number of amides is 2. The molecule has 2 atom stereocenters. The second kappa shape index (κ2) is 6.86. The minimum absolute atomic E-state index is 0.0217. The van der Waals surface area contributed by atoms with Crippen molar-refractivity contribution in [1.82, 2.24) is 15.5 Å². The maximum atomic E-state index is 12.1. The van der Waals surface area contributed by atoms with Crippen molar-refractivity contribution in [2.45, 2.75) is 37.8 Å². The number of methoxy groups -OCH3 is 1. The fourth-order valence-electron chi connectivity index (χ4n) is 2.80. The van der Waals surface area contributed by atoms with Gasteiger partial charge in [0, 0.05) is 26.7 Å². The molecule has 0 spiro atoms. The lowest BCUT2D eigenvalue weighted by Gasteiger charge is -2.23. The quantitative estimate of drug-likeness (QED) is 0.663. The number of nitrogens with zero attached hydrogens (tertiary/aromatic N) is 1. The van der Waals surface area contributed by atoms with E-state index in [0.717, 1.165) is 38.8 Å². The first-order valence-corrected chi connectivity index (χ1v) is 7.05. The first kappa shape index (κ1) is 14.3. The van der Waals surface area contributed by atoms with E-state index in [1.54, 1.807) is 12.0 Å². The van der Waals surface area contributed by atoms with Crippen LogP contribution in [0.1, 0.15) is 25.7 Å². The van der Waals surface area contributed by atoms with Crippen LogP contribution >= 0.6 is 0 Å². The van der Waals surface area contributed by atoms with E-state index in [9.17, 15) is 9.59 Å². The molecule has 2 N–H and O–H groups in total. The Balaban J connectivity index is 1.86. The highest BCUT2D eigenvalue weighted by Gasteiger charge is 2.31. The van der Waals surface area contributed by atoms with Gasteiger partial charge in [-0.1, -0.05) is 0 Å². The van der Waals surface area contributed by atoms with Gasteiger partial charge < -0.3 is 20.3 Å². The fraction of sp³-hybridized carbons (Fsp3) is 0.846. The molecule has 6 heteroatoms. The van der Waals surface area contributed by atoms with Crippen LogP contribution in [-0.4, -0.2) is 62.1 Å². The average molecular weight is 269 g/mol. The van der Waals surface area contributed by atoms with Crippen molar-refractivity contribution in [1.29, 1.82) is 0 Å². The van der Waals surface area contributed by atoms with Crippen LogP contribution in [0.4, 0.5) is 0 Å². The van der Waals surface area contributed by atoms with E-state index in [-0.39, 0.29) is 12.1 Å². The van der Waals surface area contributed by atoms with Crippen molar-refractivity contribution in [3.63, 3.8) is 0 Å². The number of hydrogen-bond donors (Lipinski definition) is 2. The Kier molecular flexibility index (Phi) is 5.15. The van der Waals surface area contributed by atoms with E-state index >= 15 is 0 Å². The van der Waals surface area contributed by atoms with Gasteiger partial charge in [-0.25, -0.2) is 0 Å². The first-order chi connectivity index (χ1) is 9.22. The molecule has 2 aliphatic rings. The number of carbonyl (C=O) groups excluding carboxylic acids is 2. The zero-order chi connectivity index (χ0) is 13.7. The van der Waals surface area contributed by atoms with Gasteiger partial charge in [-0.15, -0.1) is 0 Å². The second-order valence-electron chi connectivity index (χ2n) is 5.18. The van der Waals surface area contributed by atoms with Gasteiger partial charge in [0.15, 0.2) is 0 Å². The largest absolute Gasteiger partial charge is 0.379 e. The van der Waals surface area contributed by atoms with Crippen LogP contribution in [0.5, 0.6) is 0 Å². The van der Waals surface area contributed by atoms with E-state index in [1.165, 1.54) is 0 Å².